The number of imidazole rings is 1. The number of rotatable bonds is 1. The van der Waals surface area contributed by atoms with Crippen molar-refractivity contribution in [3.63, 3.8) is 0 Å². The number of nitrogens with one attached hydrogen (secondary N) is 1. The van der Waals surface area contributed by atoms with Gasteiger partial charge in [0, 0.05) is 11.6 Å². The number of fused-ring (bicyclic) bond motifs is 1. The van der Waals surface area contributed by atoms with Crippen molar-refractivity contribution in [1.29, 1.82) is 0 Å². The lowest BCUT2D eigenvalue weighted by Gasteiger charge is -2.22. The van der Waals surface area contributed by atoms with Crippen LogP contribution < -0.4 is 5.32 Å². The Hall–Kier alpha value is -1.06. The molecule has 90 valence electrons. The highest BCUT2D eigenvalue weighted by Gasteiger charge is 2.21. The first-order chi connectivity index (χ1) is 8.27. The zero-order chi connectivity index (χ0) is 11.8. The molecule has 0 spiro atoms. The molecule has 0 aliphatic carbocycles. The first-order valence-electron chi connectivity index (χ1n) is 6.11. The lowest BCUT2D eigenvalue weighted by atomic mass is 9.97. The van der Waals surface area contributed by atoms with E-state index in [0.717, 1.165) is 37.3 Å². The van der Waals surface area contributed by atoms with E-state index in [0.29, 0.717) is 11.1 Å². The first kappa shape index (κ1) is 11.1. The van der Waals surface area contributed by atoms with Crippen LogP contribution in [0.1, 0.15) is 30.3 Å². The van der Waals surface area contributed by atoms with E-state index in [1.807, 2.05) is 12.1 Å². The predicted octanol–water partition coefficient (Wildman–Crippen LogP) is 2.76. The van der Waals surface area contributed by atoms with Crippen LogP contribution in [-0.4, -0.2) is 22.5 Å². The summed E-state index contributed by atoms with van der Waals surface area (Å²) in [5.74, 6) is 1.65. The molecule has 0 unspecified atom stereocenters. The predicted molar refractivity (Wildman–Crippen MR) is 69.8 cm³/mol. The van der Waals surface area contributed by atoms with Gasteiger partial charge in [-0.1, -0.05) is 17.7 Å². The van der Waals surface area contributed by atoms with Crippen LogP contribution in [0.4, 0.5) is 0 Å². The standard InChI is InChI=1S/C13H16ClN3/c1-9-3-2-4-11-12(14)16-13(17(9)11)10-5-7-15-8-6-10/h2-4,10,15H,5-8H2,1H3. The molecule has 1 aliphatic rings. The first-order valence-corrected chi connectivity index (χ1v) is 6.49. The SMILES string of the molecule is Cc1cccc2c(Cl)nc(C3CCNCC3)n12. The van der Waals surface area contributed by atoms with Crippen molar-refractivity contribution < 1.29 is 0 Å². The van der Waals surface area contributed by atoms with Gasteiger partial charge in [0.1, 0.15) is 5.82 Å². The minimum Gasteiger partial charge on any atom is -0.317 e. The number of hydrogen-bond donors (Lipinski definition) is 1. The molecular formula is C13H16ClN3. The van der Waals surface area contributed by atoms with E-state index in [1.165, 1.54) is 5.69 Å². The molecule has 1 saturated heterocycles. The second-order valence-electron chi connectivity index (χ2n) is 4.67. The van der Waals surface area contributed by atoms with Crippen LogP contribution in [0.15, 0.2) is 18.2 Å². The summed E-state index contributed by atoms with van der Waals surface area (Å²) < 4.78 is 2.21. The summed E-state index contributed by atoms with van der Waals surface area (Å²) in [6, 6.07) is 6.17. The third-order valence-electron chi connectivity index (χ3n) is 3.54. The molecule has 2 aromatic rings. The van der Waals surface area contributed by atoms with E-state index in [2.05, 4.69) is 27.7 Å². The second-order valence-corrected chi connectivity index (χ2v) is 5.03. The van der Waals surface area contributed by atoms with Crippen molar-refractivity contribution in [3.8, 4) is 0 Å². The highest BCUT2D eigenvalue weighted by atomic mass is 35.5. The van der Waals surface area contributed by atoms with Crippen molar-refractivity contribution in [2.45, 2.75) is 25.7 Å². The van der Waals surface area contributed by atoms with Crippen molar-refractivity contribution in [3.05, 3.63) is 34.9 Å². The molecule has 2 aromatic heterocycles. The van der Waals surface area contributed by atoms with Gasteiger partial charge in [0.15, 0.2) is 5.15 Å². The summed E-state index contributed by atoms with van der Waals surface area (Å²) in [5, 5.41) is 4.01. The molecule has 0 saturated carbocycles. The zero-order valence-electron chi connectivity index (χ0n) is 9.91. The number of halogens is 1. The third kappa shape index (κ3) is 1.83. The number of piperidine rings is 1. The smallest absolute Gasteiger partial charge is 0.155 e. The lowest BCUT2D eigenvalue weighted by Crippen LogP contribution is -2.27. The number of hydrogen-bond acceptors (Lipinski definition) is 2. The van der Waals surface area contributed by atoms with Crippen LogP contribution in [0.25, 0.3) is 5.52 Å². The van der Waals surface area contributed by atoms with E-state index < -0.39 is 0 Å². The minimum atomic E-state index is 0.525. The van der Waals surface area contributed by atoms with Crippen LogP contribution in [0, 0.1) is 6.92 Å². The Morgan fingerprint density at radius 2 is 2.12 bits per heavy atom. The van der Waals surface area contributed by atoms with Crippen LogP contribution in [-0.2, 0) is 0 Å². The molecule has 0 bridgehead atoms. The number of pyridine rings is 1. The fourth-order valence-electron chi connectivity index (χ4n) is 2.64. The lowest BCUT2D eigenvalue weighted by molar-refractivity contribution is 0.443. The Bertz CT molecular complexity index is 541. The summed E-state index contributed by atoms with van der Waals surface area (Å²) in [6.45, 7) is 4.25. The molecule has 1 N–H and O–H groups in total. The Kier molecular flexibility index (Phi) is 2.81. The van der Waals surface area contributed by atoms with Gasteiger partial charge in [-0.2, -0.15) is 0 Å². The minimum absolute atomic E-state index is 0.525. The largest absolute Gasteiger partial charge is 0.317 e. The molecule has 3 nitrogen and oxygen atoms in total. The molecule has 0 aromatic carbocycles. The van der Waals surface area contributed by atoms with Crippen molar-refractivity contribution in [2.24, 2.45) is 0 Å². The van der Waals surface area contributed by atoms with Crippen LogP contribution in [0.3, 0.4) is 0 Å². The molecule has 17 heavy (non-hydrogen) atoms. The van der Waals surface area contributed by atoms with Crippen LogP contribution in [0.5, 0.6) is 0 Å². The fourth-order valence-corrected chi connectivity index (χ4v) is 2.88. The summed E-state index contributed by atoms with van der Waals surface area (Å²) >= 11 is 6.22. The van der Waals surface area contributed by atoms with E-state index in [-0.39, 0.29) is 0 Å². The molecule has 3 rings (SSSR count). The van der Waals surface area contributed by atoms with Crippen molar-refractivity contribution >= 4 is 17.1 Å². The second kappa shape index (κ2) is 4.31. The maximum Gasteiger partial charge on any atom is 0.155 e. The van der Waals surface area contributed by atoms with Gasteiger partial charge in [-0.3, -0.25) is 4.40 Å². The molecule has 0 radical (unpaired) electrons. The Morgan fingerprint density at radius 3 is 2.88 bits per heavy atom. The van der Waals surface area contributed by atoms with E-state index in [1.54, 1.807) is 0 Å². The number of nitrogens with zero attached hydrogens (tertiary/aromatic N) is 2. The fraction of sp³-hybridized carbons (Fsp3) is 0.462. The quantitative estimate of drug-likeness (QED) is 0.842. The molecular weight excluding hydrogens is 234 g/mol. The molecule has 1 aliphatic heterocycles. The topological polar surface area (TPSA) is 29.3 Å². The maximum absolute atomic E-state index is 6.22. The highest BCUT2D eigenvalue weighted by molar-refractivity contribution is 6.32. The summed E-state index contributed by atoms with van der Waals surface area (Å²) in [5.41, 5.74) is 2.23. The normalized spacial score (nSPS) is 17.8. The van der Waals surface area contributed by atoms with Crippen molar-refractivity contribution in [1.82, 2.24) is 14.7 Å². The van der Waals surface area contributed by atoms with Gasteiger partial charge in [-0.25, -0.2) is 4.98 Å². The van der Waals surface area contributed by atoms with Gasteiger partial charge in [-0.05, 0) is 45.0 Å². The Morgan fingerprint density at radius 1 is 1.35 bits per heavy atom. The summed E-state index contributed by atoms with van der Waals surface area (Å²) in [6.07, 6.45) is 2.29. The number of aryl methyl sites for hydroxylation is 1. The van der Waals surface area contributed by atoms with Crippen LogP contribution in [0.2, 0.25) is 5.15 Å². The van der Waals surface area contributed by atoms with E-state index >= 15 is 0 Å². The number of aromatic nitrogens is 2. The van der Waals surface area contributed by atoms with Gasteiger partial charge in [0.25, 0.3) is 0 Å². The van der Waals surface area contributed by atoms with Gasteiger partial charge in [-0.15, -0.1) is 0 Å². The molecule has 1 fully saturated rings. The Labute approximate surface area is 106 Å². The average molecular weight is 250 g/mol. The van der Waals surface area contributed by atoms with Crippen molar-refractivity contribution in [2.75, 3.05) is 13.1 Å². The molecule has 0 atom stereocenters. The third-order valence-corrected chi connectivity index (χ3v) is 3.82. The molecule has 3 heterocycles. The van der Waals surface area contributed by atoms with E-state index in [9.17, 15) is 0 Å². The average Bonchev–Trinajstić information content (AvgIpc) is 2.70. The Balaban J connectivity index is 2.15. The van der Waals surface area contributed by atoms with Gasteiger partial charge < -0.3 is 5.32 Å². The molecule has 4 heteroatoms. The van der Waals surface area contributed by atoms with Gasteiger partial charge >= 0.3 is 0 Å². The summed E-state index contributed by atoms with van der Waals surface area (Å²) in [7, 11) is 0. The highest BCUT2D eigenvalue weighted by Crippen LogP contribution is 2.29. The molecule has 0 amide bonds. The van der Waals surface area contributed by atoms with Gasteiger partial charge in [0.05, 0.1) is 5.52 Å². The monoisotopic (exact) mass is 249 g/mol. The maximum atomic E-state index is 6.22. The van der Waals surface area contributed by atoms with E-state index in [4.69, 9.17) is 11.6 Å². The van der Waals surface area contributed by atoms with Gasteiger partial charge in [0.2, 0.25) is 0 Å². The summed E-state index contributed by atoms with van der Waals surface area (Å²) in [4.78, 5) is 4.57. The van der Waals surface area contributed by atoms with Crippen LogP contribution >= 0.6 is 11.6 Å². The zero-order valence-corrected chi connectivity index (χ0v) is 10.7.